The summed E-state index contributed by atoms with van der Waals surface area (Å²) >= 11 is 0. The van der Waals surface area contributed by atoms with Crippen molar-refractivity contribution in [3.05, 3.63) is 41.2 Å². The topological polar surface area (TPSA) is 123 Å². The van der Waals surface area contributed by atoms with Gasteiger partial charge in [-0.05, 0) is 30.2 Å². The summed E-state index contributed by atoms with van der Waals surface area (Å²) in [5.74, 6) is -1.41. The molecule has 0 radical (unpaired) electrons. The highest BCUT2D eigenvalue weighted by Crippen LogP contribution is 2.29. The molecule has 10 heteroatoms. The zero-order valence-corrected chi connectivity index (χ0v) is 15.0. The highest BCUT2D eigenvalue weighted by Gasteiger charge is 2.39. The lowest BCUT2D eigenvalue weighted by atomic mass is 10.0. The second kappa shape index (κ2) is 6.87. The van der Waals surface area contributed by atoms with Crippen LogP contribution in [0.2, 0.25) is 0 Å². The molecule has 2 aliphatic rings. The van der Waals surface area contributed by atoms with Crippen LogP contribution in [0.1, 0.15) is 34.5 Å². The van der Waals surface area contributed by atoms with Crippen molar-refractivity contribution in [3.63, 3.8) is 0 Å². The molecule has 2 aromatic rings. The summed E-state index contributed by atoms with van der Waals surface area (Å²) < 4.78 is 6.13. The van der Waals surface area contributed by atoms with Gasteiger partial charge >= 0.3 is 5.97 Å². The quantitative estimate of drug-likeness (QED) is 0.570. The average molecular weight is 383 g/mol. The van der Waals surface area contributed by atoms with E-state index in [4.69, 9.17) is 0 Å². The number of hydrogen-bond donors (Lipinski definition) is 1. The van der Waals surface area contributed by atoms with Gasteiger partial charge < -0.3 is 9.64 Å². The number of imide groups is 1. The number of methoxy groups -OCH3 is 1. The van der Waals surface area contributed by atoms with Crippen molar-refractivity contribution in [1.29, 1.82) is 0 Å². The van der Waals surface area contributed by atoms with Crippen LogP contribution in [-0.4, -0.2) is 56.7 Å². The minimum Gasteiger partial charge on any atom is -0.469 e. The average Bonchev–Trinajstić information content (AvgIpc) is 3.26. The van der Waals surface area contributed by atoms with Crippen LogP contribution in [0.3, 0.4) is 0 Å². The molecule has 0 bridgehead atoms. The first-order valence-electron chi connectivity index (χ1n) is 8.72. The summed E-state index contributed by atoms with van der Waals surface area (Å²) in [4.78, 5) is 49.0. The molecule has 1 atom stereocenters. The summed E-state index contributed by atoms with van der Waals surface area (Å²) in [6.45, 7) is 0.276. The molecule has 3 heterocycles. The van der Waals surface area contributed by atoms with Gasteiger partial charge in [0.25, 0.3) is 5.91 Å². The molecule has 1 aromatic carbocycles. The van der Waals surface area contributed by atoms with E-state index >= 15 is 0 Å². The molecule has 28 heavy (non-hydrogen) atoms. The number of esters is 1. The predicted octanol–water partition coefficient (Wildman–Crippen LogP) is -0.256. The molecule has 1 saturated heterocycles. The number of carbonyl (C=O) groups is 4. The minimum absolute atomic E-state index is 0.0171. The fraction of sp³-hybridized carbons (Fsp3) is 0.333. The third-order valence-corrected chi connectivity index (χ3v) is 4.87. The van der Waals surface area contributed by atoms with E-state index in [-0.39, 0.29) is 31.2 Å². The molecule has 4 rings (SSSR count). The maximum atomic E-state index is 12.7. The van der Waals surface area contributed by atoms with Gasteiger partial charge in [0.2, 0.25) is 11.8 Å². The lowest BCUT2D eigenvalue weighted by molar-refractivity contribution is -0.140. The smallest absolute Gasteiger partial charge is 0.311 e. The molecule has 1 fully saturated rings. The second-order valence-electron chi connectivity index (χ2n) is 6.65. The number of rotatable bonds is 4. The van der Waals surface area contributed by atoms with Crippen molar-refractivity contribution in [3.8, 4) is 5.69 Å². The molecule has 10 nitrogen and oxygen atoms in total. The Hall–Kier alpha value is -3.56. The summed E-state index contributed by atoms with van der Waals surface area (Å²) in [6, 6.07) is 4.55. The van der Waals surface area contributed by atoms with Gasteiger partial charge in [-0.1, -0.05) is 5.21 Å². The van der Waals surface area contributed by atoms with E-state index < -0.39 is 17.9 Å². The number of carbonyl (C=O) groups excluding carboxylic acids is 4. The molecule has 1 aromatic heterocycles. The maximum Gasteiger partial charge on any atom is 0.311 e. The Balaban J connectivity index is 1.55. The fourth-order valence-corrected chi connectivity index (χ4v) is 3.43. The van der Waals surface area contributed by atoms with Crippen molar-refractivity contribution >= 4 is 23.7 Å². The van der Waals surface area contributed by atoms with Gasteiger partial charge in [0, 0.05) is 18.5 Å². The number of amides is 3. The van der Waals surface area contributed by atoms with E-state index in [1.807, 2.05) is 0 Å². The van der Waals surface area contributed by atoms with Crippen molar-refractivity contribution in [2.75, 3.05) is 7.11 Å². The van der Waals surface area contributed by atoms with Crippen LogP contribution in [0.4, 0.5) is 0 Å². The van der Waals surface area contributed by atoms with Gasteiger partial charge in [0.15, 0.2) is 0 Å². The SMILES string of the molecule is COC(=O)Cc1cn(-c2ccc3c(c2)CN(C2CCC(=O)NC2=O)C3=O)nn1. The zero-order valence-electron chi connectivity index (χ0n) is 15.0. The van der Waals surface area contributed by atoms with E-state index in [1.165, 1.54) is 16.7 Å². The van der Waals surface area contributed by atoms with Crippen molar-refractivity contribution < 1.29 is 23.9 Å². The minimum atomic E-state index is -0.654. The van der Waals surface area contributed by atoms with Gasteiger partial charge in [-0.15, -0.1) is 5.10 Å². The molecule has 1 unspecified atom stereocenters. The Morgan fingerprint density at radius 1 is 1.32 bits per heavy atom. The van der Waals surface area contributed by atoms with Crippen LogP contribution < -0.4 is 5.32 Å². The molecule has 0 spiro atoms. The number of nitrogens with one attached hydrogen (secondary N) is 1. The molecule has 3 amide bonds. The highest BCUT2D eigenvalue weighted by atomic mass is 16.5. The fourth-order valence-electron chi connectivity index (χ4n) is 3.43. The summed E-state index contributed by atoms with van der Waals surface area (Å²) in [5, 5.41) is 10.2. The largest absolute Gasteiger partial charge is 0.469 e. The Morgan fingerprint density at radius 3 is 2.89 bits per heavy atom. The van der Waals surface area contributed by atoms with Crippen LogP contribution in [0.5, 0.6) is 0 Å². The van der Waals surface area contributed by atoms with E-state index in [0.29, 0.717) is 23.4 Å². The molecule has 2 aliphatic heterocycles. The predicted molar refractivity (Wildman–Crippen MR) is 93.1 cm³/mol. The lowest BCUT2D eigenvalue weighted by Crippen LogP contribution is -2.52. The third kappa shape index (κ3) is 3.13. The normalized spacial score (nSPS) is 18.8. The Kier molecular flexibility index (Phi) is 4.38. The van der Waals surface area contributed by atoms with E-state index in [2.05, 4.69) is 20.4 Å². The van der Waals surface area contributed by atoms with E-state index in [9.17, 15) is 19.2 Å². The first-order valence-corrected chi connectivity index (χ1v) is 8.72. The Labute approximate surface area is 159 Å². The number of hydrogen-bond acceptors (Lipinski definition) is 7. The summed E-state index contributed by atoms with van der Waals surface area (Å²) in [5.41, 5.74) is 2.43. The molecular formula is C18H17N5O5. The highest BCUT2D eigenvalue weighted by molar-refractivity contribution is 6.05. The lowest BCUT2D eigenvalue weighted by Gasteiger charge is -2.29. The molecule has 0 aliphatic carbocycles. The standard InChI is InChI=1S/C18H17N5O5/c1-28-16(25)7-11-9-23(21-20-11)12-2-3-13-10(6-12)8-22(18(13)27)14-4-5-15(24)19-17(14)26/h2-3,6,9,14H,4-5,7-8H2,1H3,(H,19,24,26). The van der Waals surface area contributed by atoms with Crippen molar-refractivity contribution in [2.24, 2.45) is 0 Å². The number of benzene rings is 1. The van der Waals surface area contributed by atoms with E-state index in [0.717, 1.165) is 5.56 Å². The summed E-state index contributed by atoms with van der Waals surface area (Å²) in [7, 11) is 1.30. The third-order valence-electron chi connectivity index (χ3n) is 4.87. The van der Waals surface area contributed by atoms with Gasteiger partial charge in [-0.3, -0.25) is 24.5 Å². The van der Waals surface area contributed by atoms with Crippen LogP contribution in [0, 0.1) is 0 Å². The van der Waals surface area contributed by atoms with Gasteiger partial charge in [0.1, 0.15) is 6.04 Å². The van der Waals surface area contributed by atoms with Crippen LogP contribution in [0.25, 0.3) is 5.69 Å². The number of nitrogens with zero attached hydrogens (tertiary/aromatic N) is 4. The number of ether oxygens (including phenoxy) is 1. The van der Waals surface area contributed by atoms with Crippen LogP contribution >= 0.6 is 0 Å². The molecular weight excluding hydrogens is 366 g/mol. The van der Waals surface area contributed by atoms with Gasteiger partial charge in [0.05, 0.1) is 31.1 Å². The van der Waals surface area contributed by atoms with Crippen LogP contribution in [-0.2, 0) is 32.1 Å². The Morgan fingerprint density at radius 2 is 2.14 bits per heavy atom. The van der Waals surface area contributed by atoms with Crippen molar-refractivity contribution in [2.45, 2.75) is 31.8 Å². The van der Waals surface area contributed by atoms with Gasteiger partial charge in [-0.2, -0.15) is 0 Å². The first-order chi connectivity index (χ1) is 13.5. The number of fused-ring (bicyclic) bond motifs is 1. The molecule has 1 N–H and O–H groups in total. The molecule has 144 valence electrons. The first kappa shape index (κ1) is 17.8. The zero-order chi connectivity index (χ0) is 19.8. The number of aromatic nitrogens is 3. The van der Waals surface area contributed by atoms with Crippen LogP contribution in [0.15, 0.2) is 24.4 Å². The maximum absolute atomic E-state index is 12.7. The van der Waals surface area contributed by atoms with E-state index in [1.54, 1.807) is 24.4 Å². The summed E-state index contributed by atoms with van der Waals surface area (Å²) in [6.07, 6.45) is 2.16. The Bertz CT molecular complexity index is 998. The molecule has 0 saturated carbocycles. The van der Waals surface area contributed by atoms with Gasteiger partial charge in [-0.25, -0.2) is 4.68 Å². The van der Waals surface area contributed by atoms with Crippen molar-refractivity contribution in [1.82, 2.24) is 25.2 Å². The number of piperidine rings is 1. The second-order valence-corrected chi connectivity index (χ2v) is 6.65. The monoisotopic (exact) mass is 383 g/mol.